The molecule has 1 fully saturated rings. The summed E-state index contributed by atoms with van der Waals surface area (Å²) >= 11 is 6.18. The van der Waals surface area contributed by atoms with Gasteiger partial charge in [-0.1, -0.05) is 37.6 Å². The van der Waals surface area contributed by atoms with Gasteiger partial charge in [-0.2, -0.15) is 4.31 Å². The highest BCUT2D eigenvalue weighted by atomic mass is 35.5. The van der Waals surface area contributed by atoms with E-state index in [1.807, 2.05) is 12.1 Å². The summed E-state index contributed by atoms with van der Waals surface area (Å²) in [6, 6.07) is 11.9. The van der Waals surface area contributed by atoms with Gasteiger partial charge >= 0.3 is 0 Å². The van der Waals surface area contributed by atoms with Crippen molar-refractivity contribution in [2.75, 3.05) is 31.5 Å². The van der Waals surface area contributed by atoms with Crippen molar-refractivity contribution in [3.63, 3.8) is 0 Å². The number of nitrogens with zero attached hydrogens (tertiary/aromatic N) is 2. The number of hydrogen-bond acceptors (Lipinski definition) is 5. The standard InChI is InChI=1S/C24H32ClN3O4S/c1-5-28(6-2)33(30,31)23-13-21(11-12-22(23)25)26-24(29)20-9-7-19(8-10-20)16-27-14-17(3)32-18(4)15-27/h7-13,17-18H,5-6,14-16H2,1-4H3,(H,26,29). The van der Waals surface area contributed by atoms with Gasteiger partial charge in [-0.3, -0.25) is 9.69 Å². The molecule has 2 atom stereocenters. The number of morpholine rings is 1. The highest BCUT2D eigenvalue weighted by Gasteiger charge is 2.25. The van der Waals surface area contributed by atoms with E-state index < -0.39 is 10.0 Å². The molecule has 1 aliphatic heterocycles. The van der Waals surface area contributed by atoms with Crippen molar-refractivity contribution < 1.29 is 17.9 Å². The Kier molecular flexibility index (Phi) is 8.53. The molecule has 0 aromatic heterocycles. The van der Waals surface area contributed by atoms with Crippen LogP contribution in [0.5, 0.6) is 0 Å². The van der Waals surface area contributed by atoms with Crippen molar-refractivity contribution in [1.82, 2.24) is 9.21 Å². The summed E-state index contributed by atoms with van der Waals surface area (Å²) in [5.41, 5.74) is 1.98. The highest BCUT2D eigenvalue weighted by Crippen LogP contribution is 2.28. The van der Waals surface area contributed by atoms with Gasteiger partial charge in [0, 0.05) is 44.0 Å². The molecule has 1 heterocycles. The number of hydrogen-bond donors (Lipinski definition) is 1. The second-order valence-corrected chi connectivity index (χ2v) is 10.7. The Labute approximate surface area is 201 Å². The molecule has 0 aliphatic carbocycles. The molecule has 1 saturated heterocycles. The van der Waals surface area contributed by atoms with Crippen molar-refractivity contribution in [2.24, 2.45) is 0 Å². The molecule has 0 spiro atoms. The minimum absolute atomic E-state index is 0.0185. The number of halogens is 1. The summed E-state index contributed by atoms with van der Waals surface area (Å²) in [4.78, 5) is 15.1. The molecular formula is C24H32ClN3O4S. The number of anilines is 1. The molecule has 1 N–H and O–H groups in total. The van der Waals surface area contributed by atoms with E-state index in [1.54, 1.807) is 32.0 Å². The zero-order valence-corrected chi connectivity index (χ0v) is 21.1. The largest absolute Gasteiger partial charge is 0.373 e. The van der Waals surface area contributed by atoms with Crippen LogP contribution in [0.4, 0.5) is 5.69 Å². The monoisotopic (exact) mass is 493 g/mol. The van der Waals surface area contributed by atoms with E-state index in [4.69, 9.17) is 16.3 Å². The average molecular weight is 494 g/mol. The Balaban J connectivity index is 1.70. The van der Waals surface area contributed by atoms with Gasteiger partial charge in [0.05, 0.1) is 17.2 Å². The molecule has 0 radical (unpaired) electrons. The molecule has 0 saturated carbocycles. The number of carbonyl (C=O) groups excluding carboxylic acids is 1. The summed E-state index contributed by atoms with van der Waals surface area (Å²) in [6.07, 6.45) is 0.405. The Morgan fingerprint density at radius 3 is 2.27 bits per heavy atom. The van der Waals surface area contributed by atoms with Gasteiger partial charge in [0.25, 0.3) is 5.91 Å². The molecule has 180 valence electrons. The Hall–Kier alpha value is -1.97. The maximum atomic E-state index is 12.9. The zero-order chi connectivity index (χ0) is 24.2. The van der Waals surface area contributed by atoms with E-state index in [2.05, 4.69) is 24.1 Å². The topological polar surface area (TPSA) is 79.0 Å². The van der Waals surface area contributed by atoms with Crippen LogP contribution in [-0.2, 0) is 21.3 Å². The van der Waals surface area contributed by atoms with Crippen molar-refractivity contribution in [1.29, 1.82) is 0 Å². The van der Waals surface area contributed by atoms with Crippen LogP contribution in [0.3, 0.4) is 0 Å². The number of rotatable bonds is 8. The molecule has 7 nitrogen and oxygen atoms in total. The van der Waals surface area contributed by atoms with Crippen molar-refractivity contribution in [3.05, 3.63) is 58.6 Å². The first-order valence-electron chi connectivity index (χ1n) is 11.2. The van der Waals surface area contributed by atoms with E-state index in [-0.39, 0.29) is 28.0 Å². The van der Waals surface area contributed by atoms with Crippen molar-refractivity contribution >= 4 is 33.2 Å². The summed E-state index contributed by atoms with van der Waals surface area (Å²) in [7, 11) is -3.75. The van der Waals surface area contributed by atoms with Gasteiger partial charge in [0.15, 0.2) is 0 Å². The van der Waals surface area contributed by atoms with Gasteiger partial charge in [-0.05, 0) is 49.7 Å². The Morgan fingerprint density at radius 1 is 1.09 bits per heavy atom. The van der Waals surface area contributed by atoms with Gasteiger partial charge in [0.2, 0.25) is 10.0 Å². The summed E-state index contributed by atoms with van der Waals surface area (Å²) in [6.45, 7) is 10.9. The predicted octanol–water partition coefficient (Wildman–Crippen LogP) is 4.23. The number of sulfonamides is 1. The predicted molar refractivity (Wildman–Crippen MR) is 131 cm³/mol. The Bertz CT molecular complexity index is 1060. The molecule has 1 amide bonds. The lowest BCUT2D eigenvalue weighted by molar-refractivity contribution is -0.0704. The fourth-order valence-corrected chi connectivity index (χ4v) is 6.08. The van der Waals surface area contributed by atoms with Crippen LogP contribution in [0.1, 0.15) is 43.6 Å². The molecule has 2 aromatic rings. The van der Waals surface area contributed by atoms with Crippen LogP contribution in [-0.4, -0.2) is 61.9 Å². The lowest BCUT2D eigenvalue weighted by atomic mass is 10.1. The second-order valence-electron chi connectivity index (χ2n) is 8.34. The average Bonchev–Trinajstić information content (AvgIpc) is 2.75. The van der Waals surface area contributed by atoms with Crippen LogP contribution >= 0.6 is 11.6 Å². The summed E-state index contributed by atoms with van der Waals surface area (Å²) < 4.78 is 32.9. The van der Waals surface area contributed by atoms with Crippen LogP contribution in [0.2, 0.25) is 5.02 Å². The number of amides is 1. The molecule has 0 bridgehead atoms. The number of nitrogens with one attached hydrogen (secondary N) is 1. The van der Waals surface area contributed by atoms with Crippen LogP contribution in [0.15, 0.2) is 47.4 Å². The SMILES string of the molecule is CCN(CC)S(=O)(=O)c1cc(NC(=O)c2ccc(CN3CC(C)OC(C)C3)cc2)ccc1Cl. The van der Waals surface area contributed by atoms with E-state index >= 15 is 0 Å². The van der Waals surface area contributed by atoms with Crippen LogP contribution < -0.4 is 5.32 Å². The second kappa shape index (κ2) is 11.0. The quantitative estimate of drug-likeness (QED) is 0.595. The molecule has 2 unspecified atom stereocenters. The first kappa shape index (κ1) is 25.6. The molecular weight excluding hydrogens is 462 g/mol. The lowest BCUT2D eigenvalue weighted by Gasteiger charge is -2.35. The van der Waals surface area contributed by atoms with E-state index in [0.717, 1.165) is 25.2 Å². The minimum Gasteiger partial charge on any atom is -0.373 e. The molecule has 9 heteroatoms. The van der Waals surface area contributed by atoms with Crippen LogP contribution in [0, 0.1) is 0 Å². The van der Waals surface area contributed by atoms with E-state index in [1.165, 1.54) is 16.4 Å². The smallest absolute Gasteiger partial charge is 0.255 e. The van der Waals surface area contributed by atoms with Crippen molar-refractivity contribution in [2.45, 2.75) is 51.3 Å². The van der Waals surface area contributed by atoms with Crippen molar-refractivity contribution in [3.8, 4) is 0 Å². The number of benzene rings is 2. The molecule has 2 aromatic carbocycles. The summed E-state index contributed by atoms with van der Waals surface area (Å²) in [5.74, 6) is -0.316. The highest BCUT2D eigenvalue weighted by molar-refractivity contribution is 7.89. The summed E-state index contributed by atoms with van der Waals surface area (Å²) in [5, 5.41) is 2.90. The maximum absolute atomic E-state index is 12.9. The van der Waals surface area contributed by atoms with Gasteiger partial charge < -0.3 is 10.1 Å². The molecule has 1 aliphatic rings. The normalized spacial score (nSPS) is 19.6. The molecule has 3 rings (SSSR count). The fourth-order valence-electron chi connectivity index (χ4n) is 4.12. The zero-order valence-electron chi connectivity index (χ0n) is 19.5. The molecule has 33 heavy (non-hydrogen) atoms. The van der Waals surface area contributed by atoms with E-state index in [0.29, 0.717) is 24.3 Å². The van der Waals surface area contributed by atoms with Crippen LogP contribution in [0.25, 0.3) is 0 Å². The third-order valence-electron chi connectivity index (χ3n) is 5.63. The van der Waals surface area contributed by atoms with E-state index in [9.17, 15) is 13.2 Å². The lowest BCUT2D eigenvalue weighted by Crippen LogP contribution is -2.44. The third-order valence-corrected chi connectivity index (χ3v) is 8.16. The maximum Gasteiger partial charge on any atom is 0.255 e. The van der Waals surface area contributed by atoms with Gasteiger partial charge in [0.1, 0.15) is 4.90 Å². The minimum atomic E-state index is -3.75. The number of ether oxygens (including phenoxy) is 1. The Morgan fingerprint density at radius 2 is 1.70 bits per heavy atom. The number of carbonyl (C=O) groups is 1. The van der Waals surface area contributed by atoms with Gasteiger partial charge in [-0.25, -0.2) is 8.42 Å². The van der Waals surface area contributed by atoms with Gasteiger partial charge in [-0.15, -0.1) is 0 Å². The third kappa shape index (κ3) is 6.33. The first-order chi connectivity index (χ1) is 15.6. The fraction of sp³-hybridized carbons (Fsp3) is 0.458. The first-order valence-corrected chi connectivity index (χ1v) is 13.0.